The van der Waals surface area contributed by atoms with Crippen LogP contribution in [0.4, 0.5) is 5.69 Å². The van der Waals surface area contributed by atoms with E-state index in [0.717, 1.165) is 0 Å². The minimum Gasteiger partial charge on any atom is -0.478 e. The standard InChI is InChI=1S/C10H14N2O2/c1-5(2)9-8(11)7(10(13)14)4-6(3)12-9/h4-5H,11H2,1-3H3,(H,13,14). The third-order valence-electron chi connectivity index (χ3n) is 1.99. The van der Waals surface area contributed by atoms with Gasteiger partial charge in [-0.3, -0.25) is 4.98 Å². The summed E-state index contributed by atoms with van der Waals surface area (Å²) in [6.07, 6.45) is 0. The minimum absolute atomic E-state index is 0.132. The Hall–Kier alpha value is -1.58. The third kappa shape index (κ3) is 1.84. The largest absolute Gasteiger partial charge is 0.478 e. The Bertz CT molecular complexity index is 373. The van der Waals surface area contributed by atoms with Crippen molar-refractivity contribution in [1.29, 1.82) is 0 Å². The highest BCUT2D eigenvalue weighted by molar-refractivity contribution is 5.94. The summed E-state index contributed by atoms with van der Waals surface area (Å²) in [7, 11) is 0. The molecule has 0 saturated heterocycles. The lowest BCUT2D eigenvalue weighted by atomic mass is 10.0. The second-order valence-corrected chi connectivity index (χ2v) is 3.57. The van der Waals surface area contributed by atoms with Crippen LogP contribution in [0.3, 0.4) is 0 Å². The van der Waals surface area contributed by atoms with Gasteiger partial charge < -0.3 is 10.8 Å². The number of aromatic nitrogens is 1. The van der Waals surface area contributed by atoms with Gasteiger partial charge >= 0.3 is 5.97 Å². The Morgan fingerprint density at radius 3 is 2.57 bits per heavy atom. The van der Waals surface area contributed by atoms with Gasteiger partial charge in [0.05, 0.1) is 16.9 Å². The van der Waals surface area contributed by atoms with Crippen molar-refractivity contribution in [2.75, 3.05) is 5.73 Å². The van der Waals surface area contributed by atoms with Gasteiger partial charge in [0.2, 0.25) is 0 Å². The Morgan fingerprint density at radius 1 is 1.57 bits per heavy atom. The maximum Gasteiger partial charge on any atom is 0.337 e. The van der Waals surface area contributed by atoms with Crippen molar-refractivity contribution in [1.82, 2.24) is 4.98 Å². The number of hydrogen-bond acceptors (Lipinski definition) is 3. The lowest BCUT2D eigenvalue weighted by Crippen LogP contribution is -2.09. The molecule has 1 aromatic rings. The van der Waals surface area contributed by atoms with Gasteiger partial charge in [-0.15, -0.1) is 0 Å². The molecule has 0 aliphatic carbocycles. The van der Waals surface area contributed by atoms with Gasteiger partial charge in [-0.2, -0.15) is 0 Å². The molecule has 0 fully saturated rings. The summed E-state index contributed by atoms with van der Waals surface area (Å²) in [5.74, 6) is -0.872. The number of aryl methyl sites for hydroxylation is 1. The van der Waals surface area contributed by atoms with Crippen LogP contribution in [-0.2, 0) is 0 Å². The van der Waals surface area contributed by atoms with E-state index in [1.165, 1.54) is 6.07 Å². The van der Waals surface area contributed by atoms with Crippen molar-refractivity contribution in [3.63, 3.8) is 0 Å². The van der Waals surface area contributed by atoms with E-state index in [4.69, 9.17) is 10.8 Å². The second-order valence-electron chi connectivity index (χ2n) is 3.57. The van der Waals surface area contributed by atoms with Crippen molar-refractivity contribution < 1.29 is 9.90 Å². The summed E-state index contributed by atoms with van der Waals surface area (Å²) in [5.41, 5.74) is 7.46. The van der Waals surface area contributed by atoms with Crippen molar-refractivity contribution in [2.24, 2.45) is 0 Å². The number of carboxylic acid groups (broad SMARTS) is 1. The van der Waals surface area contributed by atoms with E-state index in [1.54, 1.807) is 6.92 Å². The number of nitrogens with zero attached hydrogens (tertiary/aromatic N) is 1. The molecule has 76 valence electrons. The molecule has 0 amide bonds. The minimum atomic E-state index is -1.00. The van der Waals surface area contributed by atoms with E-state index in [0.29, 0.717) is 11.4 Å². The fraction of sp³-hybridized carbons (Fsp3) is 0.400. The first-order valence-corrected chi connectivity index (χ1v) is 4.43. The third-order valence-corrected chi connectivity index (χ3v) is 1.99. The number of hydrogen-bond donors (Lipinski definition) is 2. The summed E-state index contributed by atoms with van der Waals surface area (Å²) in [4.78, 5) is 15.1. The Labute approximate surface area is 82.8 Å². The average molecular weight is 194 g/mol. The first-order chi connectivity index (χ1) is 6.43. The molecule has 1 rings (SSSR count). The van der Waals surface area contributed by atoms with Gasteiger partial charge in [0.15, 0.2) is 0 Å². The van der Waals surface area contributed by atoms with E-state index in [9.17, 15) is 4.79 Å². The number of rotatable bonds is 2. The molecule has 14 heavy (non-hydrogen) atoms. The van der Waals surface area contributed by atoms with Gasteiger partial charge in [0, 0.05) is 5.69 Å². The smallest absolute Gasteiger partial charge is 0.337 e. The molecule has 0 radical (unpaired) electrons. The topological polar surface area (TPSA) is 76.2 Å². The van der Waals surface area contributed by atoms with Crippen LogP contribution in [0, 0.1) is 6.92 Å². The van der Waals surface area contributed by atoms with Gasteiger partial charge in [-0.05, 0) is 18.9 Å². The van der Waals surface area contributed by atoms with Crippen LogP contribution >= 0.6 is 0 Å². The molecule has 1 heterocycles. The van der Waals surface area contributed by atoms with E-state index in [2.05, 4.69) is 4.98 Å². The normalized spacial score (nSPS) is 10.6. The first kappa shape index (κ1) is 10.5. The highest BCUT2D eigenvalue weighted by Crippen LogP contribution is 2.23. The number of pyridine rings is 1. The summed E-state index contributed by atoms with van der Waals surface area (Å²) in [5, 5.41) is 8.89. The zero-order valence-corrected chi connectivity index (χ0v) is 8.53. The Kier molecular flexibility index (Phi) is 2.74. The predicted octanol–water partition coefficient (Wildman–Crippen LogP) is 1.79. The molecule has 0 saturated carbocycles. The second kappa shape index (κ2) is 3.65. The molecule has 0 unspecified atom stereocenters. The van der Waals surface area contributed by atoms with E-state index >= 15 is 0 Å². The first-order valence-electron chi connectivity index (χ1n) is 4.43. The fourth-order valence-corrected chi connectivity index (χ4v) is 1.32. The summed E-state index contributed by atoms with van der Waals surface area (Å²) in [6, 6.07) is 1.49. The van der Waals surface area contributed by atoms with Crippen LogP contribution in [0.15, 0.2) is 6.07 Å². The van der Waals surface area contributed by atoms with Crippen LogP contribution < -0.4 is 5.73 Å². The summed E-state index contributed by atoms with van der Waals surface area (Å²) in [6.45, 7) is 5.63. The number of anilines is 1. The SMILES string of the molecule is Cc1cc(C(=O)O)c(N)c(C(C)C)n1. The molecule has 0 aromatic carbocycles. The number of nitrogens with two attached hydrogens (primary N) is 1. The van der Waals surface area contributed by atoms with E-state index in [-0.39, 0.29) is 17.2 Å². The molecule has 0 spiro atoms. The van der Waals surface area contributed by atoms with E-state index in [1.807, 2.05) is 13.8 Å². The molecule has 0 aliphatic heterocycles. The predicted molar refractivity (Wildman–Crippen MR) is 54.4 cm³/mol. The summed E-state index contributed by atoms with van der Waals surface area (Å²) >= 11 is 0. The maximum atomic E-state index is 10.8. The van der Waals surface area contributed by atoms with Crippen LogP contribution in [0.2, 0.25) is 0 Å². The highest BCUT2D eigenvalue weighted by Gasteiger charge is 2.15. The quantitative estimate of drug-likeness (QED) is 0.752. The number of aromatic carboxylic acids is 1. The maximum absolute atomic E-state index is 10.8. The lowest BCUT2D eigenvalue weighted by molar-refractivity contribution is 0.0697. The Balaban J connectivity index is 3.40. The van der Waals surface area contributed by atoms with E-state index < -0.39 is 5.97 Å². The lowest BCUT2D eigenvalue weighted by Gasteiger charge is -2.11. The zero-order chi connectivity index (χ0) is 10.9. The van der Waals surface area contributed by atoms with Gasteiger partial charge in [0.25, 0.3) is 0 Å². The van der Waals surface area contributed by atoms with Crippen molar-refractivity contribution in [3.8, 4) is 0 Å². The number of nitrogen functional groups attached to an aromatic ring is 1. The van der Waals surface area contributed by atoms with Crippen molar-refractivity contribution >= 4 is 11.7 Å². The van der Waals surface area contributed by atoms with Crippen molar-refractivity contribution in [2.45, 2.75) is 26.7 Å². The Morgan fingerprint density at radius 2 is 2.14 bits per heavy atom. The van der Waals surface area contributed by atoms with Gasteiger partial charge in [0.1, 0.15) is 0 Å². The van der Waals surface area contributed by atoms with Crippen LogP contribution in [0.1, 0.15) is 41.5 Å². The highest BCUT2D eigenvalue weighted by atomic mass is 16.4. The zero-order valence-electron chi connectivity index (χ0n) is 8.53. The molecular formula is C10H14N2O2. The average Bonchev–Trinajstić information content (AvgIpc) is 2.07. The van der Waals surface area contributed by atoms with Gasteiger partial charge in [-0.1, -0.05) is 13.8 Å². The molecule has 0 atom stereocenters. The molecular weight excluding hydrogens is 180 g/mol. The van der Waals surface area contributed by atoms with Crippen molar-refractivity contribution in [3.05, 3.63) is 23.0 Å². The monoisotopic (exact) mass is 194 g/mol. The number of carbonyl (C=O) groups is 1. The van der Waals surface area contributed by atoms with Crippen LogP contribution in [0.25, 0.3) is 0 Å². The van der Waals surface area contributed by atoms with Crippen LogP contribution in [0.5, 0.6) is 0 Å². The molecule has 0 bridgehead atoms. The summed E-state index contributed by atoms with van der Waals surface area (Å²) < 4.78 is 0. The molecule has 0 aliphatic rings. The molecule has 3 N–H and O–H groups in total. The molecule has 4 heteroatoms. The van der Waals surface area contributed by atoms with Crippen LogP contribution in [-0.4, -0.2) is 16.1 Å². The van der Waals surface area contributed by atoms with Gasteiger partial charge in [-0.25, -0.2) is 4.79 Å². The molecule has 1 aromatic heterocycles. The number of carboxylic acids is 1. The fourth-order valence-electron chi connectivity index (χ4n) is 1.32. The molecule has 4 nitrogen and oxygen atoms in total.